The minimum Gasteiger partial charge on any atom is -0.481 e. The average molecular weight is 314 g/mol. The molecule has 2 aromatic rings. The van der Waals surface area contributed by atoms with Crippen LogP contribution in [0.2, 0.25) is 0 Å². The van der Waals surface area contributed by atoms with Crippen molar-refractivity contribution in [2.45, 2.75) is 18.4 Å². The molecular formula is C16H14N2O3S. The quantitative estimate of drug-likeness (QED) is 0.826. The average Bonchev–Trinajstić information content (AvgIpc) is 2.47. The van der Waals surface area contributed by atoms with Crippen molar-refractivity contribution < 1.29 is 9.90 Å². The Bertz CT molecular complexity index is 789. The normalized spacial score (nSPS) is 10.2. The number of pyridine rings is 1. The number of thioether (sulfide) groups is 1. The number of carboxylic acid groups (broad SMARTS) is 1. The van der Waals surface area contributed by atoms with Crippen molar-refractivity contribution in [3.8, 4) is 6.07 Å². The third-order valence-corrected chi connectivity index (χ3v) is 4.04. The zero-order chi connectivity index (χ0) is 16.1. The summed E-state index contributed by atoms with van der Waals surface area (Å²) in [6, 6.07) is 11.3. The summed E-state index contributed by atoms with van der Waals surface area (Å²) in [6.45, 7) is 1.98. The molecule has 0 spiro atoms. The van der Waals surface area contributed by atoms with Gasteiger partial charge in [-0.3, -0.25) is 9.59 Å². The van der Waals surface area contributed by atoms with E-state index in [0.29, 0.717) is 22.6 Å². The first kappa shape index (κ1) is 15.9. The zero-order valence-corrected chi connectivity index (χ0v) is 12.7. The molecule has 2 rings (SSSR count). The second-order valence-electron chi connectivity index (χ2n) is 4.82. The van der Waals surface area contributed by atoms with Crippen molar-refractivity contribution in [3.05, 3.63) is 62.9 Å². The Morgan fingerprint density at radius 3 is 2.64 bits per heavy atom. The largest absolute Gasteiger partial charge is 0.481 e. The SMILES string of the molecule is Cc1ccc(Cc2cc(=O)[nH]c(SCC(=O)O)c2C#N)cc1. The highest BCUT2D eigenvalue weighted by Crippen LogP contribution is 2.23. The van der Waals surface area contributed by atoms with Crippen LogP contribution in [0.1, 0.15) is 22.3 Å². The monoisotopic (exact) mass is 314 g/mol. The van der Waals surface area contributed by atoms with Crippen LogP contribution >= 0.6 is 11.8 Å². The van der Waals surface area contributed by atoms with E-state index in [9.17, 15) is 14.9 Å². The molecule has 2 N–H and O–H groups in total. The van der Waals surface area contributed by atoms with E-state index in [1.54, 1.807) is 0 Å². The summed E-state index contributed by atoms with van der Waals surface area (Å²) in [5, 5.41) is 18.4. The van der Waals surface area contributed by atoms with E-state index in [1.807, 2.05) is 31.2 Å². The number of aryl methyl sites for hydroxylation is 1. The van der Waals surface area contributed by atoms with E-state index in [-0.39, 0.29) is 11.3 Å². The summed E-state index contributed by atoms with van der Waals surface area (Å²) in [5.74, 6) is -1.21. The number of hydrogen-bond donors (Lipinski definition) is 2. The minimum absolute atomic E-state index is 0.210. The van der Waals surface area contributed by atoms with Gasteiger partial charge in [-0.1, -0.05) is 41.6 Å². The fraction of sp³-hybridized carbons (Fsp3) is 0.188. The number of carbonyl (C=O) groups is 1. The Balaban J connectivity index is 2.38. The lowest BCUT2D eigenvalue weighted by Gasteiger charge is -2.08. The Hall–Kier alpha value is -2.52. The van der Waals surface area contributed by atoms with Gasteiger partial charge in [0.25, 0.3) is 0 Å². The molecule has 0 atom stereocenters. The third kappa shape index (κ3) is 3.99. The van der Waals surface area contributed by atoms with Crippen molar-refractivity contribution >= 4 is 17.7 Å². The van der Waals surface area contributed by atoms with Gasteiger partial charge in [0.2, 0.25) is 5.56 Å². The van der Waals surface area contributed by atoms with Gasteiger partial charge in [-0.25, -0.2) is 0 Å². The Labute approximate surface area is 131 Å². The van der Waals surface area contributed by atoms with E-state index < -0.39 is 5.97 Å². The van der Waals surface area contributed by atoms with Crippen molar-refractivity contribution in [1.82, 2.24) is 4.98 Å². The van der Waals surface area contributed by atoms with Gasteiger partial charge >= 0.3 is 5.97 Å². The van der Waals surface area contributed by atoms with E-state index in [0.717, 1.165) is 22.9 Å². The summed E-state index contributed by atoms with van der Waals surface area (Å²) < 4.78 is 0. The van der Waals surface area contributed by atoms with Crippen LogP contribution in [-0.2, 0) is 11.2 Å². The van der Waals surface area contributed by atoms with Crippen LogP contribution in [0.4, 0.5) is 0 Å². The standard InChI is InChI=1S/C16H14N2O3S/c1-10-2-4-11(5-3-10)6-12-7-14(19)18-16(13(12)8-17)22-9-15(20)21/h2-5,7H,6,9H2,1H3,(H,18,19)(H,20,21). The number of nitrogens with zero attached hydrogens (tertiary/aromatic N) is 1. The molecule has 112 valence electrons. The van der Waals surface area contributed by atoms with E-state index in [2.05, 4.69) is 11.1 Å². The number of carboxylic acids is 1. The number of aromatic amines is 1. The summed E-state index contributed by atoms with van der Waals surface area (Å²) in [5.41, 5.74) is 2.71. The van der Waals surface area contributed by atoms with Crippen LogP contribution in [0.15, 0.2) is 40.2 Å². The summed E-state index contributed by atoms with van der Waals surface area (Å²) in [6.07, 6.45) is 0.452. The van der Waals surface area contributed by atoms with Crippen LogP contribution in [0.5, 0.6) is 0 Å². The molecule has 0 aliphatic carbocycles. The first-order chi connectivity index (χ1) is 10.5. The maximum atomic E-state index is 11.7. The molecule has 6 heteroatoms. The van der Waals surface area contributed by atoms with Crippen LogP contribution in [0.3, 0.4) is 0 Å². The molecule has 0 bridgehead atoms. The van der Waals surface area contributed by atoms with E-state index >= 15 is 0 Å². The minimum atomic E-state index is -1.00. The highest BCUT2D eigenvalue weighted by molar-refractivity contribution is 7.99. The number of nitriles is 1. The topological polar surface area (TPSA) is 93.9 Å². The second kappa shape index (κ2) is 6.96. The molecule has 0 saturated carbocycles. The molecule has 0 fully saturated rings. The molecule has 0 unspecified atom stereocenters. The molecule has 1 heterocycles. The third-order valence-electron chi connectivity index (χ3n) is 3.06. The molecular weight excluding hydrogens is 300 g/mol. The Morgan fingerprint density at radius 1 is 1.36 bits per heavy atom. The van der Waals surface area contributed by atoms with Gasteiger partial charge < -0.3 is 10.1 Å². The van der Waals surface area contributed by atoms with Gasteiger partial charge in [0, 0.05) is 6.07 Å². The number of nitrogens with one attached hydrogen (secondary N) is 1. The summed E-state index contributed by atoms with van der Waals surface area (Å²) in [4.78, 5) is 25.0. The van der Waals surface area contributed by atoms with Crippen molar-refractivity contribution in [1.29, 1.82) is 5.26 Å². The molecule has 0 radical (unpaired) electrons. The highest BCUT2D eigenvalue weighted by atomic mass is 32.2. The lowest BCUT2D eigenvalue weighted by Crippen LogP contribution is -2.11. The van der Waals surface area contributed by atoms with Crippen molar-refractivity contribution in [3.63, 3.8) is 0 Å². The van der Waals surface area contributed by atoms with Gasteiger partial charge in [-0.2, -0.15) is 5.26 Å². The van der Waals surface area contributed by atoms with Gasteiger partial charge in [-0.05, 0) is 24.5 Å². The maximum Gasteiger partial charge on any atom is 0.313 e. The van der Waals surface area contributed by atoms with Gasteiger partial charge in [0.1, 0.15) is 6.07 Å². The van der Waals surface area contributed by atoms with Crippen LogP contribution < -0.4 is 5.56 Å². The lowest BCUT2D eigenvalue weighted by atomic mass is 10.0. The summed E-state index contributed by atoms with van der Waals surface area (Å²) >= 11 is 0.943. The predicted molar refractivity (Wildman–Crippen MR) is 84.1 cm³/mol. The number of benzene rings is 1. The van der Waals surface area contributed by atoms with Gasteiger partial charge in [0.05, 0.1) is 16.3 Å². The fourth-order valence-corrected chi connectivity index (χ4v) is 2.78. The Kier molecular flexibility index (Phi) is 5.02. The fourth-order valence-electron chi connectivity index (χ4n) is 2.02. The van der Waals surface area contributed by atoms with Crippen LogP contribution in [0, 0.1) is 18.3 Å². The number of aliphatic carboxylic acids is 1. The van der Waals surface area contributed by atoms with Gasteiger partial charge in [-0.15, -0.1) is 0 Å². The van der Waals surface area contributed by atoms with Crippen molar-refractivity contribution in [2.75, 3.05) is 5.75 Å². The maximum absolute atomic E-state index is 11.7. The van der Waals surface area contributed by atoms with Crippen molar-refractivity contribution in [2.24, 2.45) is 0 Å². The number of rotatable bonds is 5. The number of hydrogen-bond acceptors (Lipinski definition) is 4. The summed E-state index contributed by atoms with van der Waals surface area (Å²) in [7, 11) is 0. The lowest BCUT2D eigenvalue weighted by molar-refractivity contribution is -0.133. The molecule has 0 aliphatic heterocycles. The molecule has 0 amide bonds. The molecule has 1 aromatic carbocycles. The van der Waals surface area contributed by atoms with Gasteiger partial charge in [0.15, 0.2) is 0 Å². The predicted octanol–water partition coefficient (Wildman–Crippen LogP) is 2.32. The Morgan fingerprint density at radius 2 is 2.05 bits per heavy atom. The first-order valence-electron chi connectivity index (χ1n) is 6.56. The number of H-pyrrole nitrogens is 1. The van der Waals surface area contributed by atoms with Crippen LogP contribution in [-0.4, -0.2) is 21.8 Å². The highest BCUT2D eigenvalue weighted by Gasteiger charge is 2.13. The molecule has 1 aromatic heterocycles. The van der Waals surface area contributed by atoms with E-state index in [1.165, 1.54) is 6.07 Å². The molecule has 22 heavy (non-hydrogen) atoms. The second-order valence-corrected chi connectivity index (χ2v) is 5.81. The smallest absolute Gasteiger partial charge is 0.313 e. The number of aromatic nitrogens is 1. The van der Waals surface area contributed by atoms with Crippen LogP contribution in [0.25, 0.3) is 0 Å². The molecule has 0 saturated heterocycles. The molecule has 0 aliphatic rings. The first-order valence-corrected chi connectivity index (χ1v) is 7.54. The molecule has 5 nitrogen and oxygen atoms in total. The van der Waals surface area contributed by atoms with E-state index in [4.69, 9.17) is 5.11 Å². The zero-order valence-electron chi connectivity index (χ0n) is 11.9.